The number of nitrogens with zero attached hydrogens (tertiary/aromatic N) is 3. The Hall–Kier alpha value is -1.62. The van der Waals surface area contributed by atoms with E-state index < -0.39 is 0 Å². The van der Waals surface area contributed by atoms with Gasteiger partial charge in [0, 0.05) is 12.8 Å². The summed E-state index contributed by atoms with van der Waals surface area (Å²) in [7, 11) is 0. The predicted octanol–water partition coefficient (Wildman–Crippen LogP) is 2.14. The first-order valence-electron chi connectivity index (χ1n) is 6.38. The Balaban J connectivity index is 2.05. The van der Waals surface area contributed by atoms with E-state index in [-0.39, 0.29) is 0 Å². The number of pyridine rings is 1. The SMILES string of the molecule is CCCCOCCn1c(N)nc2cc(C)cnc21. The Morgan fingerprint density at radius 3 is 3.00 bits per heavy atom. The van der Waals surface area contributed by atoms with Crippen LogP contribution in [0.15, 0.2) is 12.3 Å². The highest BCUT2D eigenvalue weighted by Gasteiger charge is 2.08. The van der Waals surface area contributed by atoms with E-state index in [0.717, 1.165) is 36.2 Å². The lowest BCUT2D eigenvalue weighted by atomic mass is 10.3. The largest absolute Gasteiger partial charge is 0.380 e. The molecule has 5 heteroatoms. The summed E-state index contributed by atoms with van der Waals surface area (Å²) in [5.41, 5.74) is 8.67. The van der Waals surface area contributed by atoms with Crippen molar-refractivity contribution in [3.8, 4) is 0 Å². The minimum absolute atomic E-state index is 0.502. The molecule has 2 aromatic heterocycles. The topological polar surface area (TPSA) is 66.0 Å². The van der Waals surface area contributed by atoms with Crippen molar-refractivity contribution in [3.05, 3.63) is 17.8 Å². The standard InChI is InChI=1S/C13H20N4O/c1-3-4-6-18-7-5-17-12-11(16-13(17)14)8-10(2)9-15-12/h8-9H,3-7H2,1-2H3,(H2,14,16). The van der Waals surface area contributed by atoms with Gasteiger partial charge >= 0.3 is 0 Å². The van der Waals surface area contributed by atoms with Gasteiger partial charge < -0.3 is 10.5 Å². The quantitative estimate of drug-likeness (QED) is 0.795. The monoisotopic (exact) mass is 248 g/mol. The van der Waals surface area contributed by atoms with Crippen molar-refractivity contribution in [2.75, 3.05) is 18.9 Å². The summed E-state index contributed by atoms with van der Waals surface area (Å²) in [5.74, 6) is 0.502. The first kappa shape index (κ1) is 12.8. The number of fused-ring (bicyclic) bond motifs is 1. The average molecular weight is 248 g/mol. The van der Waals surface area contributed by atoms with Gasteiger partial charge in [-0.2, -0.15) is 0 Å². The average Bonchev–Trinajstić information content (AvgIpc) is 2.64. The molecule has 0 unspecified atom stereocenters. The summed E-state index contributed by atoms with van der Waals surface area (Å²) < 4.78 is 7.45. The Morgan fingerprint density at radius 2 is 2.22 bits per heavy atom. The molecule has 0 amide bonds. The fraction of sp³-hybridized carbons (Fsp3) is 0.538. The number of rotatable bonds is 6. The number of hydrogen-bond acceptors (Lipinski definition) is 4. The van der Waals surface area contributed by atoms with Crippen molar-refractivity contribution >= 4 is 17.1 Å². The molecule has 2 heterocycles. The zero-order valence-electron chi connectivity index (χ0n) is 11.0. The van der Waals surface area contributed by atoms with E-state index in [1.54, 1.807) is 0 Å². The molecule has 2 N–H and O–H groups in total. The summed E-state index contributed by atoms with van der Waals surface area (Å²) in [6.45, 7) is 6.29. The van der Waals surface area contributed by atoms with Crippen molar-refractivity contribution in [3.63, 3.8) is 0 Å². The summed E-state index contributed by atoms with van der Waals surface area (Å²) in [6, 6.07) is 1.99. The van der Waals surface area contributed by atoms with Gasteiger partial charge in [-0.05, 0) is 25.0 Å². The molecule has 98 valence electrons. The third-order valence-corrected chi connectivity index (χ3v) is 2.85. The van der Waals surface area contributed by atoms with Crippen molar-refractivity contribution in [2.24, 2.45) is 0 Å². The number of hydrogen-bond donors (Lipinski definition) is 1. The van der Waals surface area contributed by atoms with Gasteiger partial charge in [-0.15, -0.1) is 0 Å². The van der Waals surface area contributed by atoms with Crippen LogP contribution in [0, 0.1) is 6.92 Å². The second-order valence-electron chi connectivity index (χ2n) is 4.44. The molecule has 0 aromatic carbocycles. The molecule has 0 atom stereocenters. The van der Waals surface area contributed by atoms with Gasteiger partial charge in [0.1, 0.15) is 5.52 Å². The second kappa shape index (κ2) is 5.82. The molecule has 0 aliphatic rings. The number of imidazole rings is 1. The van der Waals surface area contributed by atoms with E-state index in [1.165, 1.54) is 0 Å². The van der Waals surface area contributed by atoms with E-state index >= 15 is 0 Å². The summed E-state index contributed by atoms with van der Waals surface area (Å²) in [4.78, 5) is 8.69. The number of nitrogens with two attached hydrogens (primary N) is 1. The number of aryl methyl sites for hydroxylation is 1. The van der Waals surface area contributed by atoms with Crippen LogP contribution in [0.2, 0.25) is 0 Å². The van der Waals surface area contributed by atoms with Crippen LogP contribution < -0.4 is 5.73 Å². The summed E-state index contributed by atoms with van der Waals surface area (Å²) in [5, 5.41) is 0. The van der Waals surface area contributed by atoms with Gasteiger partial charge in [0.2, 0.25) is 5.95 Å². The van der Waals surface area contributed by atoms with E-state index in [1.807, 2.05) is 23.8 Å². The molecule has 2 aromatic rings. The van der Waals surface area contributed by atoms with Crippen molar-refractivity contribution in [1.29, 1.82) is 0 Å². The van der Waals surface area contributed by atoms with Crippen LogP contribution in [-0.4, -0.2) is 27.7 Å². The molecule has 0 aliphatic carbocycles. The van der Waals surface area contributed by atoms with E-state index in [4.69, 9.17) is 10.5 Å². The second-order valence-corrected chi connectivity index (χ2v) is 4.44. The molecule has 0 spiro atoms. The molecule has 0 radical (unpaired) electrons. The Labute approximate surface area is 107 Å². The normalized spacial score (nSPS) is 11.2. The molecule has 18 heavy (non-hydrogen) atoms. The first-order valence-corrected chi connectivity index (χ1v) is 6.38. The number of ether oxygens (including phenoxy) is 1. The smallest absolute Gasteiger partial charge is 0.202 e. The minimum atomic E-state index is 0.502. The zero-order chi connectivity index (χ0) is 13.0. The number of anilines is 1. The van der Waals surface area contributed by atoms with Crippen LogP contribution in [0.3, 0.4) is 0 Å². The summed E-state index contributed by atoms with van der Waals surface area (Å²) in [6.07, 6.45) is 4.08. The molecule has 0 bridgehead atoms. The first-order chi connectivity index (χ1) is 8.72. The lowest BCUT2D eigenvalue weighted by Gasteiger charge is -2.06. The van der Waals surface area contributed by atoms with Crippen molar-refractivity contribution in [1.82, 2.24) is 14.5 Å². The van der Waals surface area contributed by atoms with Gasteiger partial charge in [-0.3, -0.25) is 4.57 Å². The molecule has 0 saturated heterocycles. The van der Waals surface area contributed by atoms with Crippen molar-refractivity contribution < 1.29 is 4.74 Å². The molecule has 0 aliphatic heterocycles. The highest BCUT2D eigenvalue weighted by Crippen LogP contribution is 2.16. The van der Waals surface area contributed by atoms with Crippen LogP contribution >= 0.6 is 0 Å². The van der Waals surface area contributed by atoms with Crippen LogP contribution in [0.5, 0.6) is 0 Å². The van der Waals surface area contributed by atoms with Gasteiger partial charge in [0.25, 0.3) is 0 Å². The number of unbranched alkanes of at least 4 members (excludes halogenated alkanes) is 1. The molecule has 2 rings (SSSR count). The molecule has 0 fully saturated rings. The maximum absolute atomic E-state index is 5.90. The van der Waals surface area contributed by atoms with Gasteiger partial charge in [0.15, 0.2) is 5.65 Å². The van der Waals surface area contributed by atoms with Crippen LogP contribution in [0.4, 0.5) is 5.95 Å². The predicted molar refractivity (Wildman–Crippen MR) is 72.4 cm³/mol. The van der Waals surface area contributed by atoms with Gasteiger partial charge in [-0.1, -0.05) is 13.3 Å². The van der Waals surface area contributed by atoms with E-state index in [9.17, 15) is 0 Å². The van der Waals surface area contributed by atoms with E-state index in [2.05, 4.69) is 16.9 Å². The molecular formula is C13H20N4O. The molecular weight excluding hydrogens is 228 g/mol. The highest BCUT2D eigenvalue weighted by molar-refractivity contribution is 5.74. The van der Waals surface area contributed by atoms with E-state index in [0.29, 0.717) is 19.1 Å². The van der Waals surface area contributed by atoms with Crippen LogP contribution in [0.1, 0.15) is 25.3 Å². The molecule has 0 saturated carbocycles. The third kappa shape index (κ3) is 2.79. The zero-order valence-corrected chi connectivity index (χ0v) is 11.0. The highest BCUT2D eigenvalue weighted by atomic mass is 16.5. The Bertz CT molecular complexity index is 521. The third-order valence-electron chi connectivity index (χ3n) is 2.85. The Kier molecular flexibility index (Phi) is 4.15. The summed E-state index contributed by atoms with van der Waals surface area (Å²) >= 11 is 0. The Morgan fingerprint density at radius 1 is 1.39 bits per heavy atom. The molecule has 5 nitrogen and oxygen atoms in total. The fourth-order valence-electron chi connectivity index (χ4n) is 1.85. The maximum atomic E-state index is 5.90. The van der Waals surface area contributed by atoms with Gasteiger partial charge in [-0.25, -0.2) is 9.97 Å². The lowest BCUT2D eigenvalue weighted by molar-refractivity contribution is 0.124. The van der Waals surface area contributed by atoms with Crippen molar-refractivity contribution in [2.45, 2.75) is 33.2 Å². The fourth-order valence-corrected chi connectivity index (χ4v) is 1.85. The van der Waals surface area contributed by atoms with Crippen LogP contribution in [-0.2, 0) is 11.3 Å². The number of nitrogen functional groups attached to an aromatic ring is 1. The maximum Gasteiger partial charge on any atom is 0.202 e. The number of aromatic nitrogens is 3. The van der Waals surface area contributed by atoms with Crippen LogP contribution in [0.25, 0.3) is 11.2 Å². The minimum Gasteiger partial charge on any atom is -0.380 e. The lowest BCUT2D eigenvalue weighted by Crippen LogP contribution is -2.10. The van der Waals surface area contributed by atoms with Gasteiger partial charge in [0.05, 0.1) is 13.2 Å².